The lowest BCUT2D eigenvalue weighted by molar-refractivity contribution is -0.233. The van der Waals surface area contributed by atoms with E-state index in [0.29, 0.717) is 10.8 Å². The molecule has 64 valence electrons. The largest absolute Gasteiger partial charge is 0.251 e. The Morgan fingerprint density at radius 3 is 2.18 bits per heavy atom. The average molecular weight is 156 g/mol. The van der Waals surface area contributed by atoms with Crippen LogP contribution >= 0.6 is 0 Å². The van der Waals surface area contributed by atoms with Gasteiger partial charge in [-0.25, -0.2) is 0 Å². The molecule has 3 aliphatic carbocycles. The fourth-order valence-electron chi connectivity index (χ4n) is 3.16. The molecule has 0 atom stereocenters. The molecule has 0 radical (unpaired) electrons. The first kappa shape index (κ1) is 7.57. The summed E-state index contributed by atoms with van der Waals surface area (Å²) >= 11 is 0. The molecule has 0 aromatic heterocycles. The summed E-state index contributed by atoms with van der Waals surface area (Å²) in [6.45, 7) is 4.51. The first-order chi connectivity index (χ1) is 5.13. The second-order valence-corrected chi connectivity index (χ2v) is 4.99. The van der Waals surface area contributed by atoms with Crippen molar-refractivity contribution < 1.29 is 4.39 Å². The van der Waals surface area contributed by atoms with E-state index in [9.17, 15) is 4.39 Å². The molecule has 3 fully saturated rings. The van der Waals surface area contributed by atoms with Gasteiger partial charge in [0, 0.05) is 0 Å². The smallest absolute Gasteiger partial charge is 0.0899 e. The Balaban J connectivity index is 1.89. The van der Waals surface area contributed by atoms with Gasteiger partial charge in [-0.1, -0.05) is 13.8 Å². The van der Waals surface area contributed by atoms with Gasteiger partial charge in [-0.2, -0.15) is 0 Å². The summed E-state index contributed by atoms with van der Waals surface area (Å²) in [5, 5.41) is 0. The molecule has 0 aromatic rings. The molecule has 0 nitrogen and oxygen atoms in total. The van der Waals surface area contributed by atoms with Gasteiger partial charge in [-0.15, -0.1) is 0 Å². The highest BCUT2D eigenvalue weighted by Crippen LogP contribution is 2.77. The van der Waals surface area contributed by atoms with E-state index in [1.54, 1.807) is 0 Å². The molecule has 0 aliphatic heterocycles. The molecule has 0 amide bonds. The highest BCUT2D eigenvalue weighted by atomic mass is 19.1. The van der Waals surface area contributed by atoms with Gasteiger partial charge < -0.3 is 0 Å². The molecule has 0 spiro atoms. The summed E-state index contributed by atoms with van der Waals surface area (Å²) in [7, 11) is 0. The van der Waals surface area contributed by atoms with Gasteiger partial charge in [0.2, 0.25) is 0 Å². The number of alkyl halides is 1. The van der Waals surface area contributed by atoms with Crippen LogP contribution in [0.25, 0.3) is 0 Å². The summed E-state index contributed by atoms with van der Waals surface area (Å²) in [4.78, 5) is 0. The maximum Gasteiger partial charge on any atom is 0.0899 e. The Bertz CT molecular complexity index is 152. The molecule has 2 bridgehead atoms. The predicted octanol–water partition coefficient (Wildman–Crippen LogP) is 3.17. The summed E-state index contributed by atoms with van der Waals surface area (Å²) in [5.74, 6) is 0.823. The Morgan fingerprint density at radius 2 is 1.82 bits per heavy atom. The van der Waals surface area contributed by atoms with Gasteiger partial charge in [0.25, 0.3) is 0 Å². The minimum Gasteiger partial charge on any atom is -0.251 e. The Hall–Kier alpha value is -0.0700. The van der Waals surface area contributed by atoms with E-state index in [0.717, 1.165) is 12.3 Å². The Labute approximate surface area is 68.2 Å². The van der Waals surface area contributed by atoms with Crippen LogP contribution in [0.1, 0.15) is 39.5 Å². The highest BCUT2D eigenvalue weighted by Gasteiger charge is 2.67. The maximum atomic E-state index is 12.1. The normalized spacial score (nSPS) is 46.9. The van der Waals surface area contributed by atoms with Gasteiger partial charge in [-0.3, -0.25) is 4.39 Å². The van der Waals surface area contributed by atoms with Crippen molar-refractivity contribution in [1.82, 2.24) is 0 Å². The zero-order valence-corrected chi connectivity index (χ0v) is 7.49. The summed E-state index contributed by atoms with van der Waals surface area (Å²) < 4.78 is 12.1. The van der Waals surface area contributed by atoms with Gasteiger partial charge >= 0.3 is 0 Å². The number of hydrogen-bond acceptors (Lipinski definition) is 0. The van der Waals surface area contributed by atoms with Crippen LogP contribution in [0, 0.1) is 16.7 Å². The predicted molar refractivity (Wildman–Crippen MR) is 44.1 cm³/mol. The lowest BCUT2D eigenvalue weighted by Crippen LogP contribution is -2.63. The van der Waals surface area contributed by atoms with Crippen molar-refractivity contribution in [3.8, 4) is 0 Å². The quantitative estimate of drug-likeness (QED) is 0.588. The standard InChI is InChI=1S/C10H17F/c1-8(2)10-5-9(6-10,7-10)3-4-11/h8H,3-7H2,1-2H3. The summed E-state index contributed by atoms with van der Waals surface area (Å²) in [5.41, 5.74) is 1.15. The molecule has 1 heteroatoms. The van der Waals surface area contributed by atoms with Crippen LogP contribution in [0.15, 0.2) is 0 Å². The second-order valence-electron chi connectivity index (χ2n) is 4.99. The van der Waals surface area contributed by atoms with Crippen LogP contribution < -0.4 is 0 Å². The van der Waals surface area contributed by atoms with Gasteiger partial charge in [0.1, 0.15) is 0 Å². The van der Waals surface area contributed by atoms with Gasteiger partial charge in [-0.05, 0) is 42.4 Å². The van der Waals surface area contributed by atoms with E-state index in [-0.39, 0.29) is 6.67 Å². The molecule has 3 saturated carbocycles. The highest BCUT2D eigenvalue weighted by molar-refractivity contribution is 5.17. The fourth-order valence-corrected chi connectivity index (χ4v) is 3.16. The van der Waals surface area contributed by atoms with Crippen LogP contribution in [0.2, 0.25) is 0 Å². The average Bonchev–Trinajstić information content (AvgIpc) is 1.73. The molecule has 0 unspecified atom stereocenters. The van der Waals surface area contributed by atoms with Crippen molar-refractivity contribution in [2.24, 2.45) is 16.7 Å². The van der Waals surface area contributed by atoms with Crippen LogP contribution in [0.3, 0.4) is 0 Å². The number of rotatable bonds is 3. The summed E-state index contributed by atoms with van der Waals surface area (Å²) in [6, 6.07) is 0. The van der Waals surface area contributed by atoms with Crippen molar-refractivity contribution in [3.05, 3.63) is 0 Å². The van der Waals surface area contributed by atoms with E-state index in [2.05, 4.69) is 13.8 Å². The van der Waals surface area contributed by atoms with Crippen LogP contribution in [-0.4, -0.2) is 6.67 Å². The van der Waals surface area contributed by atoms with Crippen LogP contribution in [0.5, 0.6) is 0 Å². The number of halogens is 1. The zero-order valence-electron chi connectivity index (χ0n) is 7.49. The summed E-state index contributed by atoms with van der Waals surface area (Å²) in [6.07, 6.45) is 4.80. The first-order valence-electron chi connectivity index (χ1n) is 4.69. The molecule has 0 aromatic carbocycles. The molecular weight excluding hydrogens is 139 g/mol. The minimum atomic E-state index is -0.103. The molecule has 11 heavy (non-hydrogen) atoms. The maximum absolute atomic E-state index is 12.1. The van der Waals surface area contributed by atoms with Crippen molar-refractivity contribution in [2.75, 3.05) is 6.67 Å². The minimum absolute atomic E-state index is 0.103. The van der Waals surface area contributed by atoms with Crippen LogP contribution in [0.4, 0.5) is 4.39 Å². The SMILES string of the molecule is CC(C)C12CC(CCF)(C1)C2. The monoisotopic (exact) mass is 156 g/mol. The van der Waals surface area contributed by atoms with E-state index in [1.165, 1.54) is 19.3 Å². The van der Waals surface area contributed by atoms with E-state index in [4.69, 9.17) is 0 Å². The fraction of sp³-hybridized carbons (Fsp3) is 1.00. The van der Waals surface area contributed by atoms with Gasteiger partial charge in [0.05, 0.1) is 6.67 Å². The van der Waals surface area contributed by atoms with E-state index < -0.39 is 0 Å². The van der Waals surface area contributed by atoms with Crippen molar-refractivity contribution >= 4 is 0 Å². The lowest BCUT2D eigenvalue weighted by atomic mass is 9.32. The molecule has 0 saturated heterocycles. The van der Waals surface area contributed by atoms with Crippen LogP contribution in [-0.2, 0) is 0 Å². The van der Waals surface area contributed by atoms with E-state index >= 15 is 0 Å². The first-order valence-corrected chi connectivity index (χ1v) is 4.69. The third kappa shape index (κ3) is 0.800. The Kier molecular flexibility index (Phi) is 1.37. The molecule has 0 heterocycles. The zero-order chi connectivity index (χ0) is 8.11. The molecular formula is C10H17F. The Morgan fingerprint density at radius 1 is 1.27 bits per heavy atom. The van der Waals surface area contributed by atoms with Crippen molar-refractivity contribution in [2.45, 2.75) is 39.5 Å². The van der Waals surface area contributed by atoms with Crippen molar-refractivity contribution in [1.29, 1.82) is 0 Å². The van der Waals surface area contributed by atoms with E-state index in [1.807, 2.05) is 0 Å². The van der Waals surface area contributed by atoms with Crippen molar-refractivity contribution in [3.63, 3.8) is 0 Å². The molecule has 3 rings (SSSR count). The second kappa shape index (κ2) is 1.99. The number of hydrogen-bond donors (Lipinski definition) is 0. The lowest BCUT2D eigenvalue weighted by Gasteiger charge is -2.73. The molecule has 3 aliphatic rings. The topological polar surface area (TPSA) is 0 Å². The molecule has 0 N–H and O–H groups in total. The third-order valence-corrected chi connectivity index (χ3v) is 4.03. The van der Waals surface area contributed by atoms with Gasteiger partial charge in [0.15, 0.2) is 0 Å². The third-order valence-electron chi connectivity index (χ3n) is 4.03.